The fourth-order valence-corrected chi connectivity index (χ4v) is 3.77. The van der Waals surface area contributed by atoms with Crippen LogP contribution in [-0.2, 0) is 13.0 Å². The third-order valence-corrected chi connectivity index (χ3v) is 4.92. The number of rotatable bonds is 3. The van der Waals surface area contributed by atoms with E-state index in [4.69, 9.17) is 0 Å². The monoisotopic (exact) mass is 322 g/mol. The normalized spacial score (nSPS) is 14.7. The Hall–Kier alpha value is -2.56. The molecule has 0 unspecified atom stereocenters. The zero-order valence-electron chi connectivity index (χ0n) is 14.3. The van der Waals surface area contributed by atoms with Crippen molar-refractivity contribution < 1.29 is 4.79 Å². The van der Waals surface area contributed by atoms with Crippen LogP contribution in [0.3, 0.4) is 0 Å². The second kappa shape index (κ2) is 5.51. The number of hydrogen-bond donors (Lipinski definition) is 1. The highest BCUT2D eigenvalue weighted by Gasteiger charge is 2.31. The molecule has 0 bridgehead atoms. The average molecular weight is 322 g/mol. The van der Waals surface area contributed by atoms with Crippen molar-refractivity contribution in [3.63, 3.8) is 0 Å². The van der Waals surface area contributed by atoms with Crippen molar-refractivity contribution in [1.82, 2.24) is 19.4 Å². The van der Waals surface area contributed by atoms with Crippen LogP contribution < -0.4 is 0 Å². The van der Waals surface area contributed by atoms with E-state index >= 15 is 0 Å². The number of imidazole rings is 1. The average Bonchev–Trinajstić information content (AvgIpc) is 3.11. The molecule has 1 N–H and O–H groups in total. The molecule has 1 aliphatic rings. The van der Waals surface area contributed by atoms with E-state index in [0.29, 0.717) is 12.6 Å². The maximum absolute atomic E-state index is 13.2. The van der Waals surface area contributed by atoms with Gasteiger partial charge >= 0.3 is 0 Å². The van der Waals surface area contributed by atoms with Gasteiger partial charge < -0.3 is 14.5 Å². The first-order valence-electron chi connectivity index (χ1n) is 8.48. The summed E-state index contributed by atoms with van der Waals surface area (Å²) in [4.78, 5) is 22.5. The number of para-hydroxylation sites is 1. The minimum atomic E-state index is 0.120. The van der Waals surface area contributed by atoms with Crippen LogP contribution in [0, 0.1) is 6.92 Å². The Morgan fingerprint density at radius 1 is 1.29 bits per heavy atom. The van der Waals surface area contributed by atoms with Gasteiger partial charge in [-0.2, -0.15) is 0 Å². The van der Waals surface area contributed by atoms with Gasteiger partial charge in [0.05, 0.1) is 24.1 Å². The van der Waals surface area contributed by atoms with Crippen LogP contribution in [0.4, 0.5) is 0 Å². The number of carbonyl (C=O) groups excluding carboxylic acids is 1. The number of amides is 1. The summed E-state index contributed by atoms with van der Waals surface area (Å²) in [5, 5.41) is 1.06. The largest absolute Gasteiger partial charge is 0.348 e. The van der Waals surface area contributed by atoms with Gasteiger partial charge in [-0.3, -0.25) is 4.79 Å². The summed E-state index contributed by atoms with van der Waals surface area (Å²) >= 11 is 0. The molecule has 0 aliphatic carbocycles. The maximum Gasteiger partial charge on any atom is 0.256 e. The molecule has 5 heteroatoms. The van der Waals surface area contributed by atoms with Crippen molar-refractivity contribution in [3.8, 4) is 0 Å². The van der Waals surface area contributed by atoms with E-state index in [1.165, 1.54) is 5.69 Å². The predicted octanol–water partition coefficient (Wildman–Crippen LogP) is 3.45. The van der Waals surface area contributed by atoms with Crippen molar-refractivity contribution in [3.05, 3.63) is 53.2 Å². The highest BCUT2D eigenvalue weighted by Crippen LogP contribution is 2.33. The fourth-order valence-electron chi connectivity index (χ4n) is 3.77. The Morgan fingerprint density at radius 2 is 2.08 bits per heavy atom. The van der Waals surface area contributed by atoms with Crippen LogP contribution in [0.5, 0.6) is 0 Å². The third-order valence-electron chi connectivity index (χ3n) is 4.92. The summed E-state index contributed by atoms with van der Waals surface area (Å²) < 4.78 is 2.32. The van der Waals surface area contributed by atoms with Gasteiger partial charge in [-0.1, -0.05) is 18.2 Å². The van der Waals surface area contributed by atoms with Crippen LogP contribution in [0.2, 0.25) is 0 Å². The summed E-state index contributed by atoms with van der Waals surface area (Å²) in [7, 11) is 0. The number of nitrogens with zero attached hydrogens (tertiary/aromatic N) is 3. The molecule has 1 amide bonds. The van der Waals surface area contributed by atoms with Crippen molar-refractivity contribution >= 4 is 16.8 Å². The third kappa shape index (κ3) is 2.15. The molecular weight excluding hydrogens is 300 g/mol. The molecule has 3 aromatic rings. The van der Waals surface area contributed by atoms with Gasteiger partial charge in [0.1, 0.15) is 0 Å². The Labute approximate surface area is 141 Å². The Kier molecular flexibility index (Phi) is 3.44. The minimum absolute atomic E-state index is 0.120. The van der Waals surface area contributed by atoms with Crippen molar-refractivity contribution in [1.29, 1.82) is 0 Å². The van der Waals surface area contributed by atoms with E-state index < -0.39 is 0 Å². The molecule has 0 fully saturated rings. The highest BCUT2D eigenvalue weighted by atomic mass is 16.2. The number of aromatic nitrogens is 3. The molecule has 0 atom stereocenters. The number of benzene rings is 1. The summed E-state index contributed by atoms with van der Waals surface area (Å²) in [6, 6.07) is 8.57. The smallest absolute Gasteiger partial charge is 0.256 e. The molecule has 1 aliphatic heterocycles. The van der Waals surface area contributed by atoms with Gasteiger partial charge in [0, 0.05) is 41.3 Å². The summed E-state index contributed by atoms with van der Waals surface area (Å²) in [6.45, 7) is 7.65. The number of H-pyrrole nitrogens is 1. The Balaban J connectivity index is 1.80. The summed E-state index contributed by atoms with van der Waals surface area (Å²) in [5.74, 6) is 0.120. The number of aromatic amines is 1. The summed E-state index contributed by atoms with van der Waals surface area (Å²) in [6.07, 6.45) is 2.58. The summed E-state index contributed by atoms with van der Waals surface area (Å²) in [5.41, 5.74) is 5.17. The van der Waals surface area contributed by atoms with Gasteiger partial charge in [-0.25, -0.2) is 4.98 Å². The first-order valence-corrected chi connectivity index (χ1v) is 8.48. The van der Waals surface area contributed by atoms with Gasteiger partial charge in [-0.15, -0.1) is 0 Å². The SMILES string of the molecule is Cc1[nH]cnc1CN1CCc2c(c3ccccc3n2C(C)C)C1=O. The topological polar surface area (TPSA) is 53.9 Å². The van der Waals surface area contributed by atoms with E-state index in [1.807, 2.05) is 24.0 Å². The molecule has 3 heterocycles. The molecule has 24 heavy (non-hydrogen) atoms. The molecule has 0 spiro atoms. The lowest BCUT2D eigenvalue weighted by Crippen LogP contribution is -2.37. The lowest BCUT2D eigenvalue weighted by molar-refractivity contribution is 0.0724. The number of hydrogen-bond acceptors (Lipinski definition) is 2. The molecule has 1 aromatic carbocycles. The second-order valence-electron chi connectivity index (χ2n) is 6.75. The van der Waals surface area contributed by atoms with E-state index in [2.05, 4.69) is 40.5 Å². The predicted molar refractivity (Wildman–Crippen MR) is 94.1 cm³/mol. The van der Waals surface area contributed by atoms with Gasteiger partial charge in [-0.05, 0) is 26.8 Å². The van der Waals surface area contributed by atoms with Crippen LogP contribution >= 0.6 is 0 Å². The first-order chi connectivity index (χ1) is 11.6. The number of carbonyl (C=O) groups is 1. The molecule has 4 rings (SSSR count). The van der Waals surface area contributed by atoms with Gasteiger partial charge in [0.25, 0.3) is 5.91 Å². The van der Waals surface area contributed by atoms with Gasteiger partial charge in [0.2, 0.25) is 0 Å². The van der Waals surface area contributed by atoms with Crippen molar-refractivity contribution in [2.75, 3.05) is 6.54 Å². The molecule has 0 saturated heterocycles. The highest BCUT2D eigenvalue weighted by molar-refractivity contribution is 6.09. The second-order valence-corrected chi connectivity index (χ2v) is 6.75. The standard InChI is InChI=1S/C19H22N4O/c1-12(2)23-16-7-5-4-6-14(16)18-17(23)8-9-22(19(18)24)10-15-13(3)20-11-21-15/h4-7,11-12H,8-10H2,1-3H3,(H,20,21). The molecule has 0 saturated carbocycles. The molecule has 124 valence electrons. The van der Waals surface area contributed by atoms with Crippen molar-refractivity contribution in [2.24, 2.45) is 0 Å². The van der Waals surface area contributed by atoms with E-state index in [1.54, 1.807) is 6.33 Å². The lowest BCUT2D eigenvalue weighted by Gasteiger charge is -2.28. The molecular formula is C19H22N4O. The first kappa shape index (κ1) is 15.0. The molecule has 5 nitrogen and oxygen atoms in total. The number of nitrogens with one attached hydrogen (secondary N) is 1. The number of fused-ring (bicyclic) bond motifs is 3. The van der Waals surface area contributed by atoms with Crippen LogP contribution in [-0.4, -0.2) is 31.9 Å². The van der Waals surface area contributed by atoms with Crippen molar-refractivity contribution in [2.45, 2.75) is 39.8 Å². The lowest BCUT2D eigenvalue weighted by atomic mass is 10.0. The quantitative estimate of drug-likeness (QED) is 0.803. The molecule has 0 radical (unpaired) electrons. The maximum atomic E-state index is 13.2. The Bertz CT molecular complexity index is 919. The molecule has 2 aromatic heterocycles. The van der Waals surface area contributed by atoms with Gasteiger partial charge in [0.15, 0.2) is 0 Å². The number of aryl methyl sites for hydroxylation is 1. The van der Waals surface area contributed by atoms with E-state index in [-0.39, 0.29) is 5.91 Å². The van der Waals surface area contributed by atoms with E-state index in [9.17, 15) is 4.79 Å². The zero-order chi connectivity index (χ0) is 16.8. The van der Waals surface area contributed by atoms with E-state index in [0.717, 1.165) is 40.8 Å². The Morgan fingerprint density at radius 3 is 2.79 bits per heavy atom. The zero-order valence-corrected chi connectivity index (χ0v) is 14.3. The minimum Gasteiger partial charge on any atom is -0.348 e. The van der Waals surface area contributed by atoms with Crippen LogP contribution in [0.1, 0.15) is 47.3 Å². The van der Waals surface area contributed by atoms with Crippen LogP contribution in [0.25, 0.3) is 10.9 Å². The van der Waals surface area contributed by atoms with Crippen LogP contribution in [0.15, 0.2) is 30.6 Å². The fraction of sp³-hybridized carbons (Fsp3) is 0.368.